The van der Waals surface area contributed by atoms with E-state index in [1.807, 2.05) is 32.0 Å². The van der Waals surface area contributed by atoms with Crippen LogP contribution in [0.25, 0.3) is 28.0 Å². The van der Waals surface area contributed by atoms with E-state index in [9.17, 15) is 19.7 Å². The van der Waals surface area contributed by atoms with Gasteiger partial charge in [0, 0.05) is 17.5 Å². The van der Waals surface area contributed by atoms with Crippen molar-refractivity contribution in [1.82, 2.24) is 14.5 Å². The third kappa shape index (κ3) is 2.58. The summed E-state index contributed by atoms with van der Waals surface area (Å²) in [7, 11) is 0. The van der Waals surface area contributed by atoms with E-state index >= 15 is 0 Å². The normalized spacial score (nSPS) is 11.2. The van der Waals surface area contributed by atoms with Gasteiger partial charge in [0.1, 0.15) is 0 Å². The van der Waals surface area contributed by atoms with E-state index in [0.717, 1.165) is 16.8 Å². The Morgan fingerprint density at radius 2 is 1.78 bits per heavy atom. The number of hydrogen-bond donors (Lipinski definition) is 1. The number of nitrogens with one attached hydrogen (secondary N) is 1. The van der Waals surface area contributed by atoms with Crippen molar-refractivity contribution in [2.24, 2.45) is 0 Å². The molecule has 2 aliphatic heterocycles. The molecule has 0 bridgehead atoms. The summed E-state index contributed by atoms with van der Waals surface area (Å²) in [5, 5.41) is 11.7. The van der Waals surface area contributed by atoms with Crippen molar-refractivity contribution in [3.63, 3.8) is 0 Å². The third-order valence-corrected chi connectivity index (χ3v) is 4.55. The topological polar surface area (TPSA) is 111 Å². The molecule has 0 aliphatic carbocycles. The summed E-state index contributed by atoms with van der Waals surface area (Å²) < 4.78 is 1.72. The Labute approximate surface area is 152 Å². The molecule has 0 aromatic heterocycles. The minimum atomic E-state index is -0.742. The highest BCUT2D eigenvalue weighted by Crippen LogP contribution is 2.32. The highest BCUT2D eigenvalue weighted by Gasteiger charge is 2.21. The molecule has 2 aromatic carbocycles. The maximum Gasteiger partial charge on any atom is 0.349 e. The maximum atomic E-state index is 12.4. The van der Waals surface area contributed by atoms with Gasteiger partial charge in [0.2, 0.25) is 0 Å². The van der Waals surface area contributed by atoms with Crippen LogP contribution in [0.4, 0.5) is 5.69 Å². The number of nitrogens with zero attached hydrogens (tertiary/aromatic N) is 3. The van der Waals surface area contributed by atoms with Crippen molar-refractivity contribution in [2.75, 3.05) is 0 Å². The molecule has 0 saturated heterocycles. The molecule has 0 amide bonds. The Bertz CT molecular complexity index is 1300. The Balaban J connectivity index is 2.28. The van der Waals surface area contributed by atoms with E-state index < -0.39 is 16.2 Å². The van der Waals surface area contributed by atoms with Crippen LogP contribution in [0.1, 0.15) is 11.1 Å². The van der Waals surface area contributed by atoms with E-state index in [-0.39, 0.29) is 17.1 Å². The first-order valence-corrected chi connectivity index (χ1v) is 8.17. The number of nitro groups is 1. The number of hydrogen-bond acceptors (Lipinski definition) is 5. The number of non-ortho nitro benzene ring substituents is 1. The molecule has 0 spiro atoms. The van der Waals surface area contributed by atoms with Crippen LogP contribution in [-0.4, -0.2) is 19.5 Å². The van der Waals surface area contributed by atoms with E-state index in [0.29, 0.717) is 10.9 Å². The number of pyridine rings is 1. The highest BCUT2D eigenvalue weighted by molar-refractivity contribution is 5.89. The van der Waals surface area contributed by atoms with Crippen LogP contribution in [0.3, 0.4) is 0 Å². The zero-order chi connectivity index (χ0) is 19.3. The maximum absolute atomic E-state index is 12.4. The van der Waals surface area contributed by atoms with Gasteiger partial charge in [0.25, 0.3) is 11.2 Å². The molecule has 2 aromatic rings. The SMILES string of the molecule is Cc1cccc(C)c1-n1c2nc(=O)[nH]c(=O)c-2cc2cc([N+](=O)[O-])ccc21. The molecule has 27 heavy (non-hydrogen) atoms. The number of benzene rings is 2. The molecule has 0 saturated carbocycles. The third-order valence-electron chi connectivity index (χ3n) is 4.55. The fraction of sp³-hybridized carbons (Fsp3) is 0.105. The van der Waals surface area contributed by atoms with E-state index in [2.05, 4.69) is 9.97 Å². The van der Waals surface area contributed by atoms with Crippen LogP contribution in [0, 0.1) is 24.0 Å². The number of para-hydroxylation sites is 1. The van der Waals surface area contributed by atoms with Crippen molar-refractivity contribution >= 4 is 16.6 Å². The van der Waals surface area contributed by atoms with Crippen molar-refractivity contribution in [3.05, 3.63) is 84.5 Å². The largest absolute Gasteiger partial charge is 0.349 e. The number of rotatable bonds is 2. The van der Waals surface area contributed by atoms with Gasteiger partial charge >= 0.3 is 5.69 Å². The molecule has 0 radical (unpaired) electrons. The minimum absolute atomic E-state index is 0.0836. The number of nitro benzene ring substituents is 1. The summed E-state index contributed by atoms with van der Waals surface area (Å²) in [5.41, 5.74) is 2.00. The number of fused-ring (bicyclic) bond motifs is 2. The van der Waals surface area contributed by atoms with Gasteiger partial charge in [0.15, 0.2) is 5.82 Å². The Hall–Kier alpha value is -3.81. The van der Waals surface area contributed by atoms with Gasteiger partial charge < -0.3 is 0 Å². The standard InChI is InChI=1S/C19H14N4O4/c1-10-4-3-5-11(2)16(10)22-15-7-6-13(23(26)27)8-12(15)9-14-17(22)20-19(25)21-18(14)24/h3-9H,1-2H3,(H,21,24,25). The van der Waals surface area contributed by atoms with Crippen LogP contribution in [-0.2, 0) is 0 Å². The van der Waals surface area contributed by atoms with Crippen molar-refractivity contribution in [1.29, 1.82) is 0 Å². The lowest BCUT2D eigenvalue weighted by Gasteiger charge is -2.20. The molecule has 2 heterocycles. The van der Waals surface area contributed by atoms with Gasteiger partial charge in [-0.1, -0.05) is 18.2 Å². The minimum Gasteiger partial charge on any atom is -0.293 e. The molecular weight excluding hydrogens is 348 g/mol. The molecule has 4 rings (SSSR count). The monoisotopic (exact) mass is 362 g/mol. The van der Waals surface area contributed by atoms with Crippen LogP contribution >= 0.6 is 0 Å². The lowest BCUT2D eigenvalue weighted by Crippen LogP contribution is -2.27. The average Bonchev–Trinajstić information content (AvgIpc) is 2.61. The lowest BCUT2D eigenvalue weighted by atomic mass is 10.0. The van der Waals surface area contributed by atoms with Crippen molar-refractivity contribution < 1.29 is 4.92 Å². The fourth-order valence-corrected chi connectivity index (χ4v) is 3.38. The fourth-order valence-electron chi connectivity index (χ4n) is 3.38. The first kappa shape index (κ1) is 16.6. The van der Waals surface area contributed by atoms with Crippen molar-refractivity contribution in [3.8, 4) is 17.1 Å². The molecule has 8 heteroatoms. The Morgan fingerprint density at radius 1 is 1.07 bits per heavy atom. The zero-order valence-electron chi connectivity index (χ0n) is 14.5. The van der Waals surface area contributed by atoms with Gasteiger partial charge in [0.05, 0.1) is 21.7 Å². The van der Waals surface area contributed by atoms with Gasteiger partial charge in [-0.25, -0.2) is 4.79 Å². The summed E-state index contributed by atoms with van der Waals surface area (Å²) in [4.78, 5) is 41.1. The molecule has 0 atom stereocenters. The molecule has 0 unspecified atom stereocenters. The van der Waals surface area contributed by atoms with Crippen molar-refractivity contribution in [2.45, 2.75) is 13.8 Å². The van der Waals surface area contributed by atoms with Gasteiger partial charge in [-0.3, -0.25) is 24.5 Å². The predicted octanol–water partition coefficient (Wildman–Crippen LogP) is 2.70. The molecule has 1 N–H and O–H groups in total. The summed E-state index contributed by atoms with van der Waals surface area (Å²) in [6, 6.07) is 11.7. The average molecular weight is 362 g/mol. The van der Waals surface area contributed by atoms with E-state index in [4.69, 9.17) is 0 Å². The predicted molar refractivity (Wildman–Crippen MR) is 101 cm³/mol. The Kier molecular flexibility index (Phi) is 3.62. The quantitative estimate of drug-likeness (QED) is 0.335. The Morgan fingerprint density at radius 3 is 2.44 bits per heavy atom. The smallest absolute Gasteiger partial charge is 0.293 e. The van der Waals surface area contributed by atoms with Gasteiger partial charge in [-0.2, -0.15) is 4.98 Å². The van der Waals surface area contributed by atoms with E-state index in [1.54, 1.807) is 10.6 Å². The molecule has 0 fully saturated rings. The lowest BCUT2D eigenvalue weighted by molar-refractivity contribution is -0.384. The van der Waals surface area contributed by atoms with Gasteiger partial charge in [-0.15, -0.1) is 0 Å². The van der Waals surface area contributed by atoms with Gasteiger partial charge in [-0.05, 0) is 37.1 Å². The molecule has 2 aliphatic rings. The second-order valence-electron chi connectivity index (χ2n) is 6.33. The number of H-pyrrole nitrogens is 1. The van der Waals surface area contributed by atoms with Crippen LogP contribution in [0.5, 0.6) is 0 Å². The number of aromatic nitrogens is 3. The van der Waals surface area contributed by atoms with E-state index in [1.165, 1.54) is 18.2 Å². The molecular formula is C19H14N4O4. The first-order valence-electron chi connectivity index (χ1n) is 8.17. The van der Waals surface area contributed by atoms with Crippen LogP contribution in [0.15, 0.2) is 52.1 Å². The first-order chi connectivity index (χ1) is 12.9. The molecule has 8 nitrogen and oxygen atoms in total. The highest BCUT2D eigenvalue weighted by atomic mass is 16.6. The van der Waals surface area contributed by atoms with Crippen LogP contribution < -0.4 is 11.2 Å². The second kappa shape index (κ2) is 5.87. The number of aromatic amines is 1. The molecule has 134 valence electrons. The summed E-state index contributed by atoms with van der Waals surface area (Å²) >= 11 is 0. The summed E-state index contributed by atoms with van der Waals surface area (Å²) in [6.07, 6.45) is 0. The summed E-state index contributed by atoms with van der Waals surface area (Å²) in [6.45, 7) is 3.83. The number of aryl methyl sites for hydroxylation is 2. The zero-order valence-corrected chi connectivity index (χ0v) is 14.5. The van der Waals surface area contributed by atoms with Crippen LogP contribution in [0.2, 0.25) is 0 Å². The second-order valence-corrected chi connectivity index (χ2v) is 6.33. The summed E-state index contributed by atoms with van der Waals surface area (Å²) in [5.74, 6) is 0.211.